The zero-order valence-corrected chi connectivity index (χ0v) is 14.5. The lowest BCUT2D eigenvalue weighted by molar-refractivity contribution is -0.385. The zero-order chi connectivity index (χ0) is 20.7. The van der Waals surface area contributed by atoms with Gasteiger partial charge in [-0.25, -0.2) is 4.79 Å². The van der Waals surface area contributed by atoms with Crippen molar-refractivity contribution in [1.82, 2.24) is 10.6 Å². The summed E-state index contributed by atoms with van der Waals surface area (Å²) in [7, 11) is 0. The first-order valence-electron chi connectivity index (χ1n) is 7.95. The van der Waals surface area contributed by atoms with E-state index in [1.54, 1.807) is 0 Å². The molecule has 0 aliphatic rings. The molecule has 0 bridgehead atoms. The fourth-order valence-electron chi connectivity index (χ4n) is 2.23. The highest BCUT2D eigenvalue weighted by atomic mass is 16.6. The van der Waals surface area contributed by atoms with Crippen molar-refractivity contribution in [3.05, 3.63) is 63.7 Å². The molecule has 0 unspecified atom stereocenters. The Balaban J connectivity index is 1.85. The standard InChI is InChI=1S/C17H17N5O6/c18-11-3-6-13(14(9-11)22(26)27)16(24)21-8-7-20-15(23)10-1-4-12(5-2-10)28-17(19)25/h1-6,9H,7-8,18H2,(H2,19,25)(H,20,23)(H,21,24). The molecule has 0 fully saturated rings. The van der Waals surface area contributed by atoms with E-state index in [0.29, 0.717) is 5.56 Å². The average molecular weight is 387 g/mol. The summed E-state index contributed by atoms with van der Waals surface area (Å²) in [5.41, 5.74) is 10.3. The number of primary amides is 1. The molecule has 2 rings (SSSR count). The van der Waals surface area contributed by atoms with E-state index in [4.69, 9.17) is 11.5 Å². The Kier molecular flexibility index (Phi) is 6.47. The lowest BCUT2D eigenvalue weighted by Gasteiger charge is -2.08. The molecule has 0 atom stereocenters. The molecule has 28 heavy (non-hydrogen) atoms. The summed E-state index contributed by atoms with van der Waals surface area (Å²) in [5, 5.41) is 16.1. The molecule has 6 N–H and O–H groups in total. The third-order valence-electron chi connectivity index (χ3n) is 3.49. The number of nitrogens with zero attached hydrogens (tertiary/aromatic N) is 1. The fourth-order valence-corrected chi connectivity index (χ4v) is 2.23. The number of rotatable bonds is 7. The SMILES string of the molecule is NC(=O)Oc1ccc(C(=O)NCCNC(=O)c2ccc(N)cc2[N+](=O)[O-])cc1. The van der Waals surface area contributed by atoms with Crippen molar-refractivity contribution in [2.24, 2.45) is 5.73 Å². The number of nitrogens with two attached hydrogens (primary N) is 2. The van der Waals surface area contributed by atoms with Crippen molar-refractivity contribution >= 4 is 29.3 Å². The summed E-state index contributed by atoms with van der Waals surface area (Å²) in [4.78, 5) is 45.1. The highest BCUT2D eigenvalue weighted by Gasteiger charge is 2.20. The predicted molar refractivity (Wildman–Crippen MR) is 98.8 cm³/mol. The molecule has 0 aliphatic heterocycles. The molecule has 3 amide bonds. The first kappa shape index (κ1) is 20.2. The monoisotopic (exact) mass is 387 g/mol. The van der Waals surface area contributed by atoms with Crippen molar-refractivity contribution in [3.63, 3.8) is 0 Å². The quantitative estimate of drug-likeness (QED) is 0.234. The topological polar surface area (TPSA) is 180 Å². The Labute approximate surface area is 158 Å². The van der Waals surface area contributed by atoms with E-state index in [0.717, 1.165) is 6.07 Å². The van der Waals surface area contributed by atoms with Crippen molar-refractivity contribution < 1.29 is 24.0 Å². The molecule has 0 spiro atoms. The van der Waals surface area contributed by atoms with Gasteiger partial charge in [-0.3, -0.25) is 19.7 Å². The molecular weight excluding hydrogens is 370 g/mol. The van der Waals surface area contributed by atoms with Gasteiger partial charge in [-0.1, -0.05) is 0 Å². The summed E-state index contributed by atoms with van der Waals surface area (Å²) in [6.45, 7) is 0.141. The van der Waals surface area contributed by atoms with E-state index < -0.39 is 28.5 Å². The Hall–Kier alpha value is -4.15. The number of nitro benzene ring substituents is 1. The molecule has 146 valence electrons. The minimum absolute atomic E-state index is 0.0506. The van der Waals surface area contributed by atoms with Crippen molar-refractivity contribution in [2.45, 2.75) is 0 Å². The Morgan fingerprint density at radius 1 is 1.00 bits per heavy atom. The van der Waals surface area contributed by atoms with Crippen molar-refractivity contribution in [1.29, 1.82) is 0 Å². The maximum atomic E-state index is 12.1. The molecule has 0 saturated carbocycles. The van der Waals surface area contributed by atoms with Crippen LogP contribution < -0.4 is 26.8 Å². The second kappa shape index (κ2) is 8.98. The minimum atomic E-state index is -0.964. The number of benzene rings is 2. The molecule has 0 saturated heterocycles. The molecule has 0 aromatic heterocycles. The molecule has 0 heterocycles. The van der Waals surface area contributed by atoms with E-state index in [-0.39, 0.29) is 30.1 Å². The fraction of sp³-hybridized carbons (Fsp3) is 0.118. The normalized spacial score (nSPS) is 10.0. The van der Waals surface area contributed by atoms with Gasteiger partial charge in [0.05, 0.1) is 4.92 Å². The number of hydrogen-bond acceptors (Lipinski definition) is 7. The largest absolute Gasteiger partial charge is 0.411 e. The zero-order valence-electron chi connectivity index (χ0n) is 14.5. The van der Waals surface area contributed by atoms with Gasteiger partial charge < -0.3 is 26.8 Å². The van der Waals surface area contributed by atoms with Gasteiger partial charge in [0.25, 0.3) is 17.5 Å². The van der Waals surface area contributed by atoms with Crippen molar-refractivity contribution in [2.75, 3.05) is 18.8 Å². The lowest BCUT2D eigenvalue weighted by atomic mass is 10.1. The molecule has 0 radical (unpaired) electrons. The Bertz CT molecular complexity index is 913. The van der Waals surface area contributed by atoms with E-state index >= 15 is 0 Å². The van der Waals surface area contributed by atoms with Crippen LogP contribution in [0.4, 0.5) is 16.2 Å². The summed E-state index contributed by atoms with van der Waals surface area (Å²) in [5.74, 6) is -0.881. The number of nitro groups is 1. The van der Waals surface area contributed by atoms with Crippen LogP contribution in [-0.4, -0.2) is 35.9 Å². The van der Waals surface area contributed by atoms with Crippen molar-refractivity contribution in [3.8, 4) is 5.75 Å². The molecule has 11 heteroatoms. The third kappa shape index (κ3) is 5.42. The van der Waals surface area contributed by atoms with Gasteiger partial charge in [-0.2, -0.15) is 0 Å². The molecule has 11 nitrogen and oxygen atoms in total. The molecule has 2 aromatic carbocycles. The van der Waals surface area contributed by atoms with Crippen LogP contribution in [0.2, 0.25) is 0 Å². The van der Waals surface area contributed by atoms with Crippen LogP contribution in [0.1, 0.15) is 20.7 Å². The molecular formula is C17H17N5O6. The maximum Gasteiger partial charge on any atom is 0.409 e. The highest BCUT2D eigenvalue weighted by Crippen LogP contribution is 2.21. The molecule has 0 aliphatic carbocycles. The average Bonchev–Trinajstić information content (AvgIpc) is 2.64. The first-order chi connectivity index (χ1) is 13.3. The van der Waals surface area contributed by atoms with Gasteiger partial charge in [0, 0.05) is 30.4 Å². The van der Waals surface area contributed by atoms with Gasteiger partial charge >= 0.3 is 6.09 Å². The first-order valence-corrected chi connectivity index (χ1v) is 7.95. The number of carbonyl (C=O) groups excluding carboxylic acids is 3. The Morgan fingerprint density at radius 2 is 1.61 bits per heavy atom. The number of carbonyl (C=O) groups is 3. The van der Waals surface area contributed by atoms with E-state index in [9.17, 15) is 24.5 Å². The second-order valence-corrected chi connectivity index (χ2v) is 5.49. The Morgan fingerprint density at radius 3 is 2.18 bits per heavy atom. The summed E-state index contributed by atoms with van der Waals surface area (Å²) >= 11 is 0. The predicted octanol–water partition coefficient (Wildman–Crippen LogP) is 0.794. The highest BCUT2D eigenvalue weighted by molar-refractivity contribution is 5.98. The number of nitrogen functional groups attached to an aromatic ring is 1. The smallest absolute Gasteiger partial charge is 0.409 e. The van der Waals surface area contributed by atoms with E-state index in [2.05, 4.69) is 15.4 Å². The third-order valence-corrected chi connectivity index (χ3v) is 3.49. The van der Waals surface area contributed by atoms with Gasteiger partial charge in [0.2, 0.25) is 0 Å². The van der Waals surface area contributed by atoms with Gasteiger partial charge in [-0.15, -0.1) is 0 Å². The summed E-state index contributed by atoms with van der Waals surface area (Å²) in [6, 6.07) is 9.42. The summed E-state index contributed by atoms with van der Waals surface area (Å²) < 4.78 is 4.65. The maximum absolute atomic E-state index is 12.1. The lowest BCUT2D eigenvalue weighted by Crippen LogP contribution is -2.34. The van der Waals surface area contributed by atoms with Gasteiger partial charge in [0.15, 0.2) is 0 Å². The van der Waals surface area contributed by atoms with Crippen LogP contribution in [0.15, 0.2) is 42.5 Å². The van der Waals surface area contributed by atoms with Crippen LogP contribution in [0.25, 0.3) is 0 Å². The minimum Gasteiger partial charge on any atom is -0.411 e. The van der Waals surface area contributed by atoms with E-state index in [1.807, 2.05) is 0 Å². The van der Waals surface area contributed by atoms with Crippen LogP contribution >= 0.6 is 0 Å². The van der Waals surface area contributed by atoms with Crippen LogP contribution in [0.3, 0.4) is 0 Å². The number of amides is 3. The number of hydrogen-bond donors (Lipinski definition) is 4. The number of anilines is 1. The number of ether oxygens (including phenoxy) is 1. The van der Waals surface area contributed by atoms with Gasteiger partial charge in [0.1, 0.15) is 11.3 Å². The van der Waals surface area contributed by atoms with Crippen LogP contribution in [0.5, 0.6) is 5.75 Å². The second-order valence-electron chi connectivity index (χ2n) is 5.49. The molecule has 2 aromatic rings. The van der Waals surface area contributed by atoms with Gasteiger partial charge in [-0.05, 0) is 36.4 Å². The van der Waals surface area contributed by atoms with Crippen LogP contribution in [0, 0.1) is 10.1 Å². The number of nitrogens with one attached hydrogen (secondary N) is 2. The van der Waals surface area contributed by atoms with E-state index in [1.165, 1.54) is 36.4 Å². The summed E-state index contributed by atoms with van der Waals surface area (Å²) in [6.07, 6.45) is -0.964. The van der Waals surface area contributed by atoms with Crippen LogP contribution in [-0.2, 0) is 0 Å².